The van der Waals surface area contributed by atoms with Crippen molar-refractivity contribution in [2.75, 3.05) is 10.7 Å². The second kappa shape index (κ2) is 8.48. The molecule has 0 spiro atoms. The van der Waals surface area contributed by atoms with Crippen molar-refractivity contribution in [3.8, 4) is 0 Å². The number of hydrogen-bond donors (Lipinski definition) is 2. The summed E-state index contributed by atoms with van der Waals surface area (Å²) in [6, 6.07) is 0. The molecule has 2 N–H and O–H groups in total. The van der Waals surface area contributed by atoms with Gasteiger partial charge in [-0.25, -0.2) is 0 Å². The predicted molar refractivity (Wildman–Crippen MR) is 58.1 cm³/mol. The quantitative estimate of drug-likeness (QED) is 0.707. The molecule has 0 rings (SSSR count). The smallest absolute Gasteiger partial charge is 0.0549 e. The van der Waals surface area contributed by atoms with Crippen LogP contribution in [0.4, 0.5) is 0 Å². The summed E-state index contributed by atoms with van der Waals surface area (Å²) >= 11 is 6.52. The van der Waals surface area contributed by atoms with E-state index in [-0.39, 0.29) is 12.2 Å². The van der Waals surface area contributed by atoms with Crippen molar-refractivity contribution in [3.63, 3.8) is 0 Å². The molecule has 0 heterocycles. The second-order valence-electron chi connectivity index (χ2n) is 2.84. The van der Waals surface area contributed by atoms with Crippen molar-refractivity contribution in [2.24, 2.45) is 0 Å². The molecule has 2 nitrogen and oxygen atoms in total. The van der Waals surface area contributed by atoms with Crippen LogP contribution < -0.4 is 0 Å². The molecule has 74 valence electrons. The fourth-order valence-electron chi connectivity index (χ4n) is 0.925. The Balaban J connectivity index is 3.27. The molecular weight excluding hydrogens is 288 g/mol. The first-order chi connectivity index (χ1) is 5.70. The Bertz CT molecular complexity index is 89.1. The number of halogens is 2. The van der Waals surface area contributed by atoms with Crippen LogP contribution in [-0.2, 0) is 0 Å². The third kappa shape index (κ3) is 7.53. The van der Waals surface area contributed by atoms with Gasteiger partial charge in [-0.2, -0.15) is 0 Å². The van der Waals surface area contributed by atoms with E-state index in [4.69, 9.17) is 0 Å². The molecule has 0 saturated heterocycles. The van der Waals surface area contributed by atoms with Gasteiger partial charge in [0.05, 0.1) is 12.2 Å². The van der Waals surface area contributed by atoms with Crippen molar-refractivity contribution < 1.29 is 10.2 Å². The van der Waals surface area contributed by atoms with Gasteiger partial charge in [0.15, 0.2) is 0 Å². The predicted octanol–water partition coefficient (Wildman–Crippen LogP) is 2.06. The maximum absolute atomic E-state index is 9.31. The minimum atomic E-state index is -0.269. The Morgan fingerprint density at radius 1 is 0.750 bits per heavy atom. The number of rotatable bonds is 7. The van der Waals surface area contributed by atoms with Gasteiger partial charge >= 0.3 is 0 Å². The normalized spacial score (nSPS) is 16.0. The molecule has 0 radical (unpaired) electrons. The third-order valence-corrected chi connectivity index (χ3v) is 2.63. The summed E-state index contributed by atoms with van der Waals surface area (Å²) in [5.74, 6) is 0. The molecule has 4 heteroatoms. The van der Waals surface area contributed by atoms with Crippen molar-refractivity contribution in [1.82, 2.24) is 0 Å². The Hall–Kier alpha value is 0.880. The fraction of sp³-hybridized carbons (Fsp3) is 1.00. The number of aliphatic hydroxyl groups is 2. The molecule has 0 aromatic rings. The topological polar surface area (TPSA) is 40.5 Å². The fourth-order valence-corrected chi connectivity index (χ4v) is 1.98. The summed E-state index contributed by atoms with van der Waals surface area (Å²) in [7, 11) is 0. The van der Waals surface area contributed by atoms with Crippen LogP contribution >= 0.6 is 31.9 Å². The van der Waals surface area contributed by atoms with Gasteiger partial charge in [0.25, 0.3) is 0 Å². The zero-order valence-corrected chi connectivity index (χ0v) is 10.2. The molecule has 0 amide bonds. The molecule has 12 heavy (non-hydrogen) atoms. The molecular formula is C8H16Br2O2. The molecule has 2 unspecified atom stereocenters. The van der Waals surface area contributed by atoms with Gasteiger partial charge in [-0.1, -0.05) is 31.9 Å². The Kier molecular flexibility index (Phi) is 9.10. The van der Waals surface area contributed by atoms with Crippen LogP contribution in [0, 0.1) is 0 Å². The van der Waals surface area contributed by atoms with Crippen molar-refractivity contribution in [2.45, 2.75) is 37.9 Å². The molecule has 2 atom stereocenters. The summed E-state index contributed by atoms with van der Waals surface area (Å²) in [6.07, 6.45) is 2.38. The number of hydrogen-bond acceptors (Lipinski definition) is 2. The third-order valence-electron chi connectivity index (χ3n) is 1.72. The van der Waals surface area contributed by atoms with Gasteiger partial charge in [0.1, 0.15) is 0 Å². The number of alkyl halides is 2. The molecule has 0 saturated carbocycles. The van der Waals surface area contributed by atoms with Gasteiger partial charge in [0, 0.05) is 10.7 Å². The molecule has 0 aromatic heterocycles. The minimum Gasteiger partial charge on any atom is -0.393 e. The molecule has 0 aliphatic carbocycles. The van der Waals surface area contributed by atoms with Gasteiger partial charge in [-0.05, 0) is 25.7 Å². The Morgan fingerprint density at radius 2 is 1.08 bits per heavy atom. The Morgan fingerprint density at radius 3 is 1.33 bits per heavy atom. The van der Waals surface area contributed by atoms with Crippen LogP contribution in [0.15, 0.2) is 0 Å². The van der Waals surface area contributed by atoms with Crippen LogP contribution in [0.5, 0.6) is 0 Å². The maximum Gasteiger partial charge on any atom is 0.0549 e. The van der Waals surface area contributed by atoms with Crippen LogP contribution in [0.25, 0.3) is 0 Å². The highest BCUT2D eigenvalue weighted by molar-refractivity contribution is 9.09. The van der Waals surface area contributed by atoms with Gasteiger partial charge in [-0.3, -0.25) is 0 Å². The first kappa shape index (κ1) is 12.9. The monoisotopic (exact) mass is 302 g/mol. The van der Waals surface area contributed by atoms with E-state index in [0.717, 1.165) is 23.5 Å². The minimum absolute atomic E-state index is 0.269. The first-order valence-electron chi connectivity index (χ1n) is 4.18. The average molecular weight is 304 g/mol. The van der Waals surface area contributed by atoms with Crippen LogP contribution in [-0.4, -0.2) is 33.1 Å². The lowest BCUT2D eigenvalue weighted by Crippen LogP contribution is -2.13. The van der Waals surface area contributed by atoms with E-state index in [0.29, 0.717) is 12.8 Å². The van der Waals surface area contributed by atoms with E-state index in [1.807, 2.05) is 0 Å². The maximum atomic E-state index is 9.31. The Labute approximate surface area is 90.6 Å². The van der Waals surface area contributed by atoms with Crippen molar-refractivity contribution in [3.05, 3.63) is 0 Å². The largest absolute Gasteiger partial charge is 0.393 e. The molecule has 0 aliphatic heterocycles. The molecule has 0 fully saturated rings. The van der Waals surface area contributed by atoms with Crippen LogP contribution in [0.3, 0.4) is 0 Å². The molecule has 0 bridgehead atoms. The molecule has 0 aliphatic rings. The summed E-state index contributed by atoms with van der Waals surface area (Å²) in [4.78, 5) is 0. The van der Waals surface area contributed by atoms with E-state index in [2.05, 4.69) is 31.9 Å². The van der Waals surface area contributed by atoms with E-state index in [9.17, 15) is 10.2 Å². The summed E-state index contributed by atoms with van der Waals surface area (Å²) in [5, 5.41) is 20.3. The zero-order valence-electron chi connectivity index (χ0n) is 7.05. The lowest BCUT2D eigenvalue weighted by molar-refractivity contribution is 0.111. The highest BCUT2D eigenvalue weighted by Gasteiger charge is 2.07. The lowest BCUT2D eigenvalue weighted by Gasteiger charge is -2.11. The van der Waals surface area contributed by atoms with Crippen LogP contribution in [0.1, 0.15) is 25.7 Å². The van der Waals surface area contributed by atoms with Gasteiger partial charge < -0.3 is 10.2 Å². The first-order valence-corrected chi connectivity index (χ1v) is 6.43. The van der Waals surface area contributed by atoms with E-state index in [1.54, 1.807) is 0 Å². The van der Waals surface area contributed by atoms with E-state index < -0.39 is 0 Å². The summed E-state index contributed by atoms with van der Waals surface area (Å²) < 4.78 is 0. The molecule has 0 aromatic carbocycles. The average Bonchev–Trinajstić information content (AvgIpc) is 2.02. The standard InChI is InChI=1S/C8H16Br2O2/c9-5-3-7(11)1-2-8(12)4-6-10/h7-8,11-12H,1-6H2. The van der Waals surface area contributed by atoms with Crippen LogP contribution in [0.2, 0.25) is 0 Å². The SMILES string of the molecule is OC(CCBr)CCC(O)CCBr. The highest BCUT2D eigenvalue weighted by atomic mass is 79.9. The summed E-state index contributed by atoms with van der Waals surface area (Å²) in [6.45, 7) is 0. The van der Waals surface area contributed by atoms with Gasteiger partial charge in [-0.15, -0.1) is 0 Å². The van der Waals surface area contributed by atoms with Gasteiger partial charge in [0.2, 0.25) is 0 Å². The zero-order chi connectivity index (χ0) is 9.40. The highest BCUT2D eigenvalue weighted by Crippen LogP contribution is 2.09. The van der Waals surface area contributed by atoms with E-state index >= 15 is 0 Å². The lowest BCUT2D eigenvalue weighted by atomic mass is 10.1. The van der Waals surface area contributed by atoms with E-state index in [1.165, 1.54) is 0 Å². The summed E-state index contributed by atoms with van der Waals surface area (Å²) in [5.41, 5.74) is 0. The second-order valence-corrected chi connectivity index (χ2v) is 4.43. The number of aliphatic hydroxyl groups excluding tert-OH is 2. The van der Waals surface area contributed by atoms with Crippen molar-refractivity contribution >= 4 is 31.9 Å². The van der Waals surface area contributed by atoms with Crippen molar-refractivity contribution in [1.29, 1.82) is 0 Å².